The van der Waals surface area contributed by atoms with Gasteiger partial charge in [-0.05, 0) is 25.1 Å². The summed E-state index contributed by atoms with van der Waals surface area (Å²) in [5, 5.41) is 20.5. The van der Waals surface area contributed by atoms with Gasteiger partial charge in [0.2, 0.25) is 26.2 Å². The average molecular weight is 360 g/mol. The first kappa shape index (κ1) is 19.0. The lowest BCUT2D eigenvalue weighted by Gasteiger charge is -2.01. The first-order chi connectivity index (χ1) is 10.4. The van der Waals surface area contributed by atoms with Crippen molar-refractivity contribution in [1.82, 2.24) is 4.98 Å². The molecule has 2 aromatic heterocycles. The monoisotopic (exact) mass is 360 g/mol. The van der Waals surface area contributed by atoms with Crippen LogP contribution in [-0.2, 0) is 20.0 Å². The number of hydrogen-bond donors (Lipinski definition) is 2. The molecule has 0 saturated heterocycles. The molecule has 11 heteroatoms. The van der Waals surface area contributed by atoms with Gasteiger partial charge in [-0.1, -0.05) is 0 Å². The van der Waals surface area contributed by atoms with Crippen LogP contribution in [0.1, 0.15) is 11.4 Å². The van der Waals surface area contributed by atoms with Crippen LogP contribution in [0.25, 0.3) is 0 Å². The quantitative estimate of drug-likeness (QED) is 0.532. The van der Waals surface area contributed by atoms with E-state index in [1.165, 1.54) is 24.4 Å². The lowest BCUT2D eigenvalue weighted by molar-refractivity contribution is -0.614. The summed E-state index contributed by atoms with van der Waals surface area (Å²) in [5.41, 5.74) is 1.18. The van der Waals surface area contributed by atoms with Gasteiger partial charge in [0.1, 0.15) is 9.79 Å². The van der Waals surface area contributed by atoms with E-state index in [9.17, 15) is 22.0 Å². The largest absolute Gasteiger partial charge is 0.618 e. The third-order valence-corrected chi connectivity index (χ3v) is 4.42. The molecule has 2 aromatic rings. The number of aryl methyl sites for hydroxylation is 2. The first-order valence-corrected chi connectivity index (χ1v) is 9.18. The van der Waals surface area contributed by atoms with Gasteiger partial charge in [0, 0.05) is 24.9 Å². The Hall–Kier alpha value is -2.08. The number of pyridine rings is 2. The second-order valence-corrected chi connectivity index (χ2v) is 7.68. The van der Waals surface area contributed by atoms with Gasteiger partial charge in [0.05, 0.1) is 0 Å². The van der Waals surface area contributed by atoms with Crippen LogP contribution in [0.2, 0.25) is 0 Å². The summed E-state index contributed by atoms with van der Waals surface area (Å²) in [4.78, 5) is 3.65. The van der Waals surface area contributed by atoms with Crippen molar-refractivity contribution in [2.45, 2.75) is 23.6 Å². The summed E-state index contributed by atoms with van der Waals surface area (Å²) >= 11 is 0. The highest BCUT2D eigenvalue weighted by Crippen LogP contribution is 2.04. The molecule has 0 spiro atoms. The number of sulfonamides is 2. The summed E-state index contributed by atoms with van der Waals surface area (Å²) < 4.78 is 43.3. The zero-order chi connectivity index (χ0) is 17.8. The molecular weight excluding hydrogens is 344 g/mol. The minimum Gasteiger partial charge on any atom is -0.618 e. The Morgan fingerprint density at radius 2 is 1.48 bits per heavy atom. The molecule has 126 valence electrons. The number of primary sulfonamides is 2. The molecule has 0 aliphatic rings. The Morgan fingerprint density at radius 1 is 0.957 bits per heavy atom. The van der Waals surface area contributed by atoms with E-state index in [2.05, 4.69) is 4.98 Å². The topological polar surface area (TPSA) is 160 Å². The van der Waals surface area contributed by atoms with E-state index in [0.717, 1.165) is 11.9 Å². The molecule has 0 saturated carbocycles. The van der Waals surface area contributed by atoms with Gasteiger partial charge in [-0.15, -0.1) is 0 Å². The fourth-order valence-electron chi connectivity index (χ4n) is 1.33. The maximum atomic E-state index is 10.9. The summed E-state index contributed by atoms with van der Waals surface area (Å²) in [6, 6.07) is 5.71. The van der Waals surface area contributed by atoms with Crippen molar-refractivity contribution in [1.29, 1.82) is 0 Å². The van der Waals surface area contributed by atoms with Gasteiger partial charge in [-0.2, -0.15) is 4.73 Å². The number of aromatic nitrogens is 2. The van der Waals surface area contributed by atoms with Crippen molar-refractivity contribution in [3.05, 3.63) is 53.3 Å². The molecule has 9 nitrogen and oxygen atoms in total. The normalized spacial score (nSPS) is 11.5. The van der Waals surface area contributed by atoms with E-state index in [4.69, 9.17) is 10.3 Å². The third-order valence-electron chi connectivity index (χ3n) is 2.62. The smallest absolute Gasteiger partial charge is 0.244 e. The van der Waals surface area contributed by atoms with Gasteiger partial charge < -0.3 is 5.21 Å². The van der Waals surface area contributed by atoms with Crippen LogP contribution >= 0.6 is 0 Å². The van der Waals surface area contributed by atoms with Gasteiger partial charge >= 0.3 is 0 Å². The Morgan fingerprint density at radius 3 is 1.87 bits per heavy atom. The Labute approximate surface area is 134 Å². The van der Waals surface area contributed by atoms with Crippen molar-refractivity contribution in [3.63, 3.8) is 0 Å². The van der Waals surface area contributed by atoms with E-state index in [1.807, 2.05) is 0 Å². The molecule has 0 atom stereocenters. The molecule has 23 heavy (non-hydrogen) atoms. The maximum Gasteiger partial charge on any atom is 0.244 e. The second-order valence-electron chi connectivity index (χ2n) is 4.56. The highest BCUT2D eigenvalue weighted by atomic mass is 32.2. The molecule has 4 N–H and O–H groups in total. The molecule has 0 aromatic carbocycles. The third kappa shape index (κ3) is 5.90. The van der Waals surface area contributed by atoms with Crippen molar-refractivity contribution in [2.24, 2.45) is 10.3 Å². The highest BCUT2D eigenvalue weighted by Gasteiger charge is 2.11. The van der Waals surface area contributed by atoms with Crippen molar-refractivity contribution >= 4 is 20.0 Å². The zero-order valence-electron chi connectivity index (χ0n) is 12.4. The summed E-state index contributed by atoms with van der Waals surface area (Å²) in [5.74, 6) is 0. The van der Waals surface area contributed by atoms with Crippen LogP contribution in [-0.4, -0.2) is 21.8 Å². The molecule has 0 aliphatic heterocycles. The number of hydrogen-bond acceptors (Lipinski definition) is 6. The van der Waals surface area contributed by atoms with Crippen LogP contribution in [0.15, 0.2) is 46.5 Å². The predicted molar refractivity (Wildman–Crippen MR) is 81.9 cm³/mol. The summed E-state index contributed by atoms with van der Waals surface area (Å²) in [7, 11) is -7.34. The summed E-state index contributed by atoms with van der Waals surface area (Å²) in [6.45, 7) is 3.34. The molecule has 0 unspecified atom stereocenters. The molecule has 2 rings (SSSR count). The predicted octanol–water partition coefficient (Wildman–Crippen LogP) is -0.687. The Balaban J connectivity index is 0.000000231. The van der Waals surface area contributed by atoms with Crippen molar-refractivity contribution < 1.29 is 21.6 Å². The molecule has 0 aliphatic carbocycles. The Bertz CT molecular complexity index is 894. The van der Waals surface area contributed by atoms with Crippen LogP contribution in [0, 0.1) is 19.1 Å². The molecule has 2 heterocycles. The first-order valence-electron chi connectivity index (χ1n) is 6.09. The number of rotatable bonds is 2. The number of nitrogens with zero attached hydrogens (tertiary/aromatic N) is 2. The molecule has 0 amide bonds. The van der Waals surface area contributed by atoms with Crippen molar-refractivity contribution in [2.75, 3.05) is 0 Å². The van der Waals surface area contributed by atoms with Crippen molar-refractivity contribution in [3.8, 4) is 0 Å². The van der Waals surface area contributed by atoms with Crippen LogP contribution in [0.5, 0.6) is 0 Å². The fraction of sp³-hybridized carbons (Fsp3) is 0.167. The molecule has 0 bridgehead atoms. The Kier molecular flexibility index (Phi) is 5.77. The SMILES string of the molecule is Cc1ccc(S(N)(=O)=O)c[n+]1[O-].Cc1ccc(S(N)(=O)=O)cn1. The second kappa shape index (κ2) is 7.00. The molecular formula is C12H16N4O5S2. The van der Waals surface area contributed by atoms with Gasteiger partial charge in [0.15, 0.2) is 5.69 Å². The van der Waals surface area contributed by atoms with Gasteiger partial charge in [0.25, 0.3) is 0 Å². The fourth-order valence-corrected chi connectivity index (χ4v) is 2.29. The lowest BCUT2D eigenvalue weighted by Crippen LogP contribution is -2.31. The molecule has 0 fully saturated rings. The van der Waals surface area contributed by atoms with Crippen LogP contribution in [0.4, 0.5) is 0 Å². The van der Waals surface area contributed by atoms with E-state index in [-0.39, 0.29) is 9.79 Å². The average Bonchev–Trinajstić information content (AvgIpc) is 2.41. The van der Waals surface area contributed by atoms with E-state index >= 15 is 0 Å². The minimum absolute atomic E-state index is 0.0445. The van der Waals surface area contributed by atoms with Gasteiger partial charge in [-0.25, -0.2) is 27.1 Å². The number of nitrogens with two attached hydrogens (primary N) is 2. The van der Waals surface area contributed by atoms with Crippen LogP contribution < -0.4 is 15.0 Å². The standard InChI is InChI=1S/C6H8N2O3S.C6H8N2O2S/c1-5-2-3-6(4-8(5)9)12(7,10)11;1-5-2-3-6(4-8-5)11(7,9)10/h2-4H,1H3,(H2,7,10,11);2-4H,1H3,(H2,7,9,10). The van der Waals surface area contributed by atoms with E-state index in [0.29, 0.717) is 10.4 Å². The maximum absolute atomic E-state index is 10.9. The summed E-state index contributed by atoms with van der Waals surface area (Å²) in [6.07, 6.45) is 2.18. The van der Waals surface area contributed by atoms with Crippen LogP contribution in [0.3, 0.4) is 0 Å². The minimum atomic E-state index is -3.76. The van der Waals surface area contributed by atoms with E-state index < -0.39 is 20.0 Å². The highest BCUT2D eigenvalue weighted by molar-refractivity contribution is 7.89. The zero-order valence-corrected chi connectivity index (χ0v) is 14.0. The van der Waals surface area contributed by atoms with Gasteiger partial charge in [-0.3, -0.25) is 4.98 Å². The van der Waals surface area contributed by atoms with E-state index in [1.54, 1.807) is 19.9 Å². The molecule has 0 radical (unpaired) electrons. The lowest BCUT2D eigenvalue weighted by atomic mass is 10.4.